The van der Waals surface area contributed by atoms with Gasteiger partial charge >= 0.3 is 0 Å². The van der Waals surface area contributed by atoms with Crippen LogP contribution in [0.4, 0.5) is 0 Å². The highest BCUT2D eigenvalue weighted by molar-refractivity contribution is 5.79. The van der Waals surface area contributed by atoms with Crippen molar-refractivity contribution >= 4 is 5.91 Å². The van der Waals surface area contributed by atoms with Gasteiger partial charge in [0.05, 0.1) is 30.5 Å². The Morgan fingerprint density at radius 1 is 1.50 bits per heavy atom. The number of aryl methyl sites for hydroxylation is 1. The molecule has 128 valence electrons. The van der Waals surface area contributed by atoms with Crippen molar-refractivity contribution in [1.29, 1.82) is 0 Å². The first-order chi connectivity index (χ1) is 11.7. The van der Waals surface area contributed by atoms with Crippen LogP contribution in [0.2, 0.25) is 0 Å². The predicted octanol–water partition coefficient (Wildman–Crippen LogP) is 1.62. The van der Waals surface area contributed by atoms with Gasteiger partial charge in [-0.1, -0.05) is 5.16 Å². The average molecular weight is 331 g/mol. The fourth-order valence-corrected chi connectivity index (χ4v) is 2.89. The van der Waals surface area contributed by atoms with Crippen LogP contribution in [0.3, 0.4) is 0 Å². The quantitative estimate of drug-likeness (QED) is 0.800. The molecule has 2 atom stereocenters. The second-order valence-corrected chi connectivity index (χ2v) is 5.90. The van der Waals surface area contributed by atoms with Gasteiger partial charge in [-0.15, -0.1) is 0 Å². The molecule has 0 spiro atoms. The van der Waals surface area contributed by atoms with Crippen molar-refractivity contribution in [1.82, 2.24) is 15.0 Å². The number of pyridine rings is 1. The van der Waals surface area contributed by atoms with E-state index in [-0.39, 0.29) is 24.5 Å². The Hall–Kier alpha value is -2.41. The lowest BCUT2D eigenvalue weighted by Crippen LogP contribution is -2.40. The molecular weight excluding hydrogens is 310 g/mol. The Morgan fingerprint density at radius 2 is 2.38 bits per heavy atom. The maximum absolute atomic E-state index is 12.6. The van der Waals surface area contributed by atoms with Gasteiger partial charge in [-0.05, 0) is 25.5 Å². The van der Waals surface area contributed by atoms with Gasteiger partial charge < -0.3 is 18.9 Å². The molecule has 0 aromatic carbocycles. The molecule has 0 bridgehead atoms. The highest BCUT2D eigenvalue weighted by atomic mass is 16.5. The Kier molecular flexibility index (Phi) is 5.10. The lowest BCUT2D eigenvalue weighted by Gasteiger charge is -2.24. The SMILES string of the molecule is CO[C@@H]1C[C@@H](COc2cccnc2)N(C(=O)Cc2cc(C)on2)C1. The zero-order chi connectivity index (χ0) is 16.9. The molecular formula is C17H21N3O4. The fourth-order valence-electron chi connectivity index (χ4n) is 2.89. The summed E-state index contributed by atoms with van der Waals surface area (Å²) in [4.78, 5) is 18.5. The van der Waals surface area contributed by atoms with E-state index >= 15 is 0 Å². The summed E-state index contributed by atoms with van der Waals surface area (Å²) in [5.41, 5.74) is 0.644. The Bertz CT molecular complexity index is 673. The molecule has 0 unspecified atom stereocenters. The Labute approximate surface area is 140 Å². The van der Waals surface area contributed by atoms with Crippen LogP contribution in [0, 0.1) is 6.92 Å². The van der Waals surface area contributed by atoms with Crippen molar-refractivity contribution in [3.63, 3.8) is 0 Å². The zero-order valence-corrected chi connectivity index (χ0v) is 13.8. The van der Waals surface area contributed by atoms with Crippen LogP contribution in [0.15, 0.2) is 35.1 Å². The molecule has 0 saturated carbocycles. The summed E-state index contributed by atoms with van der Waals surface area (Å²) >= 11 is 0. The van der Waals surface area contributed by atoms with E-state index in [0.717, 1.165) is 6.42 Å². The molecule has 1 aliphatic rings. The fraction of sp³-hybridized carbons (Fsp3) is 0.471. The van der Waals surface area contributed by atoms with Gasteiger partial charge in [0.25, 0.3) is 0 Å². The van der Waals surface area contributed by atoms with Gasteiger partial charge in [-0.2, -0.15) is 0 Å². The highest BCUT2D eigenvalue weighted by Crippen LogP contribution is 2.22. The molecule has 2 aromatic rings. The van der Waals surface area contributed by atoms with Crippen LogP contribution in [0.25, 0.3) is 0 Å². The summed E-state index contributed by atoms with van der Waals surface area (Å²) in [6.45, 7) is 2.78. The molecule has 0 radical (unpaired) electrons. The predicted molar refractivity (Wildman–Crippen MR) is 85.6 cm³/mol. The monoisotopic (exact) mass is 331 g/mol. The molecule has 24 heavy (non-hydrogen) atoms. The second-order valence-electron chi connectivity index (χ2n) is 5.90. The summed E-state index contributed by atoms with van der Waals surface area (Å²) in [6.07, 6.45) is 4.35. The number of ether oxygens (including phenoxy) is 2. The van der Waals surface area contributed by atoms with Gasteiger partial charge in [0.1, 0.15) is 18.1 Å². The van der Waals surface area contributed by atoms with Gasteiger partial charge in [0.2, 0.25) is 5.91 Å². The van der Waals surface area contributed by atoms with Crippen LogP contribution in [0.1, 0.15) is 17.9 Å². The van der Waals surface area contributed by atoms with Crippen molar-refractivity contribution in [3.8, 4) is 5.75 Å². The van der Waals surface area contributed by atoms with Crippen molar-refractivity contribution in [3.05, 3.63) is 42.0 Å². The largest absolute Gasteiger partial charge is 0.490 e. The standard InChI is InChI=1S/C17H21N3O4/c1-12-6-13(19-24-12)7-17(21)20-10-16(22-2)8-14(20)11-23-15-4-3-5-18-9-15/h3-6,9,14,16H,7-8,10-11H2,1-2H3/t14-,16+/m0/s1. The van der Waals surface area contributed by atoms with E-state index in [9.17, 15) is 4.79 Å². The molecule has 1 amide bonds. The zero-order valence-electron chi connectivity index (χ0n) is 13.8. The lowest BCUT2D eigenvalue weighted by atomic mass is 10.2. The van der Waals surface area contributed by atoms with Gasteiger partial charge in [0, 0.05) is 25.9 Å². The van der Waals surface area contributed by atoms with Crippen molar-refractivity contribution in [2.75, 3.05) is 20.3 Å². The molecule has 3 heterocycles. The number of hydrogen-bond donors (Lipinski definition) is 0. The second kappa shape index (κ2) is 7.44. The Balaban J connectivity index is 1.63. The average Bonchev–Trinajstić information content (AvgIpc) is 3.20. The maximum Gasteiger partial charge on any atom is 0.229 e. The number of nitrogens with zero attached hydrogens (tertiary/aromatic N) is 3. The first-order valence-corrected chi connectivity index (χ1v) is 7.93. The van der Waals surface area contributed by atoms with E-state index in [0.29, 0.717) is 30.4 Å². The number of amides is 1. The van der Waals surface area contributed by atoms with Crippen LogP contribution in [-0.4, -0.2) is 53.4 Å². The summed E-state index contributed by atoms with van der Waals surface area (Å²) in [5, 5.41) is 3.89. The molecule has 2 aromatic heterocycles. The van der Waals surface area contributed by atoms with Crippen LogP contribution >= 0.6 is 0 Å². The van der Waals surface area contributed by atoms with Gasteiger partial charge in [0.15, 0.2) is 0 Å². The number of carbonyl (C=O) groups excluding carboxylic acids is 1. The number of hydrogen-bond acceptors (Lipinski definition) is 6. The molecule has 3 rings (SSSR count). The number of likely N-dealkylation sites (tertiary alicyclic amines) is 1. The number of rotatable bonds is 6. The molecule has 0 N–H and O–H groups in total. The van der Waals surface area contributed by atoms with E-state index in [2.05, 4.69) is 10.1 Å². The minimum absolute atomic E-state index is 0.00244. The van der Waals surface area contributed by atoms with Crippen LogP contribution in [0.5, 0.6) is 5.75 Å². The molecule has 7 heteroatoms. The number of carbonyl (C=O) groups is 1. The highest BCUT2D eigenvalue weighted by Gasteiger charge is 2.36. The maximum atomic E-state index is 12.6. The van der Waals surface area contributed by atoms with E-state index in [1.807, 2.05) is 24.0 Å². The molecule has 1 aliphatic heterocycles. The van der Waals surface area contributed by atoms with Gasteiger partial charge in [-0.3, -0.25) is 9.78 Å². The lowest BCUT2D eigenvalue weighted by molar-refractivity contribution is -0.132. The minimum Gasteiger partial charge on any atom is -0.490 e. The first kappa shape index (κ1) is 16.4. The van der Waals surface area contributed by atoms with Gasteiger partial charge in [-0.25, -0.2) is 0 Å². The summed E-state index contributed by atoms with van der Waals surface area (Å²) in [5.74, 6) is 1.39. The number of methoxy groups -OCH3 is 1. The number of aromatic nitrogens is 2. The topological polar surface area (TPSA) is 77.7 Å². The van der Waals surface area contributed by atoms with Crippen molar-refractivity contribution in [2.24, 2.45) is 0 Å². The van der Waals surface area contributed by atoms with E-state index < -0.39 is 0 Å². The molecule has 7 nitrogen and oxygen atoms in total. The Morgan fingerprint density at radius 3 is 3.04 bits per heavy atom. The summed E-state index contributed by atoms with van der Waals surface area (Å²) in [6, 6.07) is 5.41. The normalized spacial score (nSPS) is 20.3. The third-order valence-electron chi connectivity index (χ3n) is 4.12. The smallest absolute Gasteiger partial charge is 0.229 e. The molecule has 0 aliphatic carbocycles. The van der Waals surface area contributed by atoms with Crippen LogP contribution < -0.4 is 4.74 Å². The first-order valence-electron chi connectivity index (χ1n) is 7.93. The summed E-state index contributed by atoms with van der Waals surface area (Å²) in [7, 11) is 1.67. The van der Waals surface area contributed by atoms with E-state index in [4.69, 9.17) is 14.0 Å². The van der Waals surface area contributed by atoms with E-state index in [1.54, 1.807) is 25.6 Å². The third-order valence-corrected chi connectivity index (χ3v) is 4.12. The van der Waals surface area contributed by atoms with Crippen molar-refractivity contribution < 1.29 is 18.8 Å². The summed E-state index contributed by atoms with van der Waals surface area (Å²) < 4.78 is 16.2. The molecule has 1 fully saturated rings. The van der Waals surface area contributed by atoms with Crippen LogP contribution in [-0.2, 0) is 16.0 Å². The third kappa shape index (κ3) is 3.91. The molecule has 1 saturated heterocycles. The van der Waals surface area contributed by atoms with E-state index in [1.165, 1.54) is 0 Å². The van der Waals surface area contributed by atoms with Crippen molar-refractivity contribution in [2.45, 2.75) is 31.9 Å². The minimum atomic E-state index is -0.0318.